The molecule has 0 unspecified atom stereocenters. The second-order valence-electron chi connectivity index (χ2n) is 5.49. The van der Waals surface area contributed by atoms with Crippen molar-refractivity contribution in [3.05, 3.63) is 58.9 Å². The lowest BCUT2D eigenvalue weighted by atomic mass is 9.97. The van der Waals surface area contributed by atoms with Gasteiger partial charge in [0, 0.05) is 6.54 Å². The minimum absolute atomic E-state index is 0.216. The highest BCUT2D eigenvalue weighted by Gasteiger charge is 2.27. The summed E-state index contributed by atoms with van der Waals surface area (Å²) in [6, 6.07) is 10.1. The number of ether oxygens (including phenoxy) is 1. The monoisotopic (exact) mass is 299 g/mol. The molecule has 22 heavy (non-hydrogen) atoms. The van der Waals surface area contributed by atoms with Gasteiger partial charge in [-0.2, -0.15) is 0 Å². The fraction of sp³-hybridized carbons (Fsp3) is 0.278. The van der Waals surface area contributed by atoms with Crippen molar-refractivity contribution < 1.29 is 13.9 Å². The maximum absolute atomic E-state index is 13.6. The Bertz CT molecular complexity index is 727. The minimum atomic E-state index is -0.439. The predicted molar refractivity (Wildman–Crippen MR) is 84.1 cm³/mol. The van der Waals surface area contributed by atoms with Crippen molar-refractivity contribution in [2.75, 3.05) is 18.6 Å². The smallest absolute Gasteiger partial charge is 0.262 e. The van der Waals surface area contributed by atoms with E-state index in [1.54, 1.807) is 4.90 Å². The van der Waals surface area contributed by atoms with Crippen molar-refractivity contribution in [2.45, 2.75) is 19.8 Å². The van der Waals surface area contributed by atoms with Crippen LogP contribution in [0.15, 0.2) is 36.4 Å². The number of amides is 1. The lowest BCUT2D eigenvalue weighted by Crippen LogP contribution is -2.36. The third-order valence-corrected chi connectivity index (χ3v) is 4.06. The van der Waals surface area contributed by atoms with Gasteiger partial charge in [-0.15, -0.1) is 0 Å². The fourth-order valence-electron chi connectivity index (χ4n) is 3.04. The van der Waals surface area contributed by atoms with E-state index in [2.05, 4.69) is 0 Å². The van der Waals surface area contributed by atoms with Gasteiger partial charge >= 0.3 is 0 Å². The van der Waals surface area contributed by atoms with E-state index in [9.17, 15) is 9.18 Å². The molecule has 3 nitrogen and oxygen atoms in total. The molecule has 1 aliphatic rings. The van der Waals surface area contributed by atoms with Gasteiger partial charge in [-0.05, 0) is 49.1 Å². The largest absolute Gasteiger partial charge is 0.496 e. The van der Waals surface area contributed by atoms with Crippen LogP contribution < -0.4 is 9.64 Å². The number of benzene rings is 2. The lowest BCUT2D eigenvalue weighted by molar-refractivity contribution is 0.0981. The van der Waals surface area contributed by atoms with Gasteiger partial charge in [0.1, 0.15) is 11.6 Å². The highest BCUT2D eigenvalue weighted by atomic mass is 19.1. The highest BCUT2D eigenvalue weighted by molar-refractivity contribution is 6.08. The molecule has 0 saturated heterocycles. The molecule has 1 amide bonds. The molecule has 2 aromatic rings. The zero-order valence-electron chi connectivity index (χ0n) is 12.7. The summed E-state index contributed by atoms with van der Waals surface area (Å²) >= 11 is 0. The molecule has 114 valence electrons. The van der Waals surface area contributed by atoms with E-state index in [-0.39, 0.29) is 11.5 Å². The standard InChI is InChI=1S/C18H18FNO2/c1-12-5-3-6-13-7-4-10-20(17(12)13)18(21)15-11-14(19)8-9-16(15)22-2/h3,5-6,8-9,11H,4,7,10H2,1-2H3. The zero-order valence-corrected chi connectivity index (χ0v) is 12.7. The van der Waals surface area contributed by atoms with E-state index in [0.717, 1.165) is 29.7 Å². The minimum Gasteiger partial charge on any atom is -0.496 e. The summed E-state index contributed by atoms with van der Waals surface area (Å²) in [4.78, 5) is 14.7. The number of anilines is 1. The average Bonchev–Trinajstić information content (AvgIpc) is 2.54. The van der Waals surface area contributed by atoms with Crippen LogP contribution in [0.1, 0.15) is 27.9 Å². The molecular weight excluding hydrogens is 281 g/mol. The van der Waals surface area contributed by atoms with Crippen molar-refractivity contribution in [1.82, 2.24) is 0 Å². The number of para-hydroxylation sites is 1. The number of halogens is 1. The van der Waals surface area contributed by atoms with Crippen LogP contribution in [0.2, 0.25) is 0 Å². The van der Waals surface area contributed by atoms with Crippen LogP contribution in [0.4, 0.5) is 10.1 Å². The zero-order chi connectivity index (χ0) is 15.7. The van der Waals surface area contributed by atoms with Crippen LogP contribution in [0.3, 0.4) is 0 Å². The summed E-state index contributed by atoms with van der Waals surface area (Å²) < 4.78 is 18.8. The molecule has 3 rings (SSSR count). The number of nitrogens with zero attached hydrogens (tertiary/aromatic N) is 1. The number of rotatable bonds is 2. The molecule has 0 aliphatic carbocycles. The molecule has 1 heterocycles. The quantitative estimate of drug-likeness (QED) is 0.845. The van der Waals surface area contributed by atoms with Crippen molar-refractivity contribution in [3.8, 4) is 5.75 Å². The van der Waals surface area contributed by atoms with E-state index < -0.39 is 5.82 Å². The molecule has 0 fully saturated rings. The van der Waals surface area contributed by atoms with E-state index >= 15 is 0 Å². The summed E-state index contributed by atoms with van der Waals surface area (Å²) in [6.07, 6.45) is 1.86. The van der Waals surface area contributed by atoms with Crippen LogP contribution in [0, 0.1) is 12.7 Å². The number of fused-ring (bicyclic) bond motifs is 1. The molecule has 0 radical (unpaired) electrons. The van der Waals surface area contributed by atoms with Crippen molar-refractivity contribution in [2.24, 2.45) is 0 Å². The summed E-state index contributed by atoms with van der Waals surface area (Å²) in [5.74, 6) is -0.259. The SMILES string of the molecule is COc1ccc(F)cc1C(=O)N1CCCc2cccc(C)c21. The molecule has 0 spiro atoms. The first-order valence-corrected chi connectivity index (χ1v) is 7.35. The Morgan fingerprint density at radius 2 is 2.09 bits per heavy atom. The number of aryl methyl sites for hydroxylation is 2. The van der Waals surface area contributed by atoms with Gasteiger partial charge in [-0.1, -0.05) is 18.2 Å². The van der Waals surface area contributed by atoms with Crippen LogP contribution in [0.25, 0.3) is 0 Å². The average molecular weight is 299 g/mol. The maximum Gasteiger partial charge on any atom is 0.262 e. The molecule has 2 aromatic carbocycles. The Morgan fingerprint density at radius 1 is 1.27 bits per heavy atom. The first-order chi connectivity index (χ1) is 10.6. The second-order valence-corrected chi connectivity index (χ2v) is 5.49. The van der Waals surface area contributed by atoms with Crippen LogP contribution >= 0.6 is 0 Å². The summed E-state index contributed by atoms with van der Waals surface area (Å²) in [7, 11) is 1.49. The Balaban J connectivity index is 2.07. The fourth-order valence-corrected chi connectivity index (χ4v) is 3.04. The van der Waals surface area contributed by atoms with Gasteiger partial charge in [0.15, 0.2) is 0 Å². The summed E-state index contributed by atoms with van der Waals surface area (Å²) in [6.45, 7) is 2.63. The molecule has 1 aliphatic heterocycles. The first kappa shape index (κ1) is 14.6. The number of hydrogen-bond donors (Lipinski definition) is 0. The number of methoxy groups -OCH3 is 1. The van der Waals surface area contributed by atoms with Crippen molar-refractivity contribution in [1.29, 1.82) is 0 Å². The van der Waals surface area contributed by atoms with E-state index in [1.165, 1.54) is 25.3 Å². The van der Waals surface area contributed by atoms with Crippen LogP contribution in [-0.2, 0) is 6.42 Å². The number of carbonyl (C=O) groups excluding carboxylic acids is 1. The van der Waals surface area contributed by atoms with Crippen molar-refractivity contribution >= 4 is 11.6 Å². The van der Waals surface area contributed by atoms with Gasteiger partial charge in [0.05, 0.1) is 18.4 Å². The Morgan fingerprint density at radius 3 is 2.86 bits per heavy atom. The maximum atomic E-state index is 13.6. The molecular formula is C18H18FNO2. The van der Waals surface area contributed by atoms with Crippen molar-refractivity contribution in [3.63, 3.8) is 0 Å². The van der Waals surface area contributed by atoms with Gasteiger partial charge < -0.3 is 9.64 Å². The topological polar surface area (TPSA) is 29.5 Å². The lowest BCUT2D eigenvalue weighted by Gasteiger charge is -2.31. The molecule has 0 atom stereocenters. The normalized spacial score (nSPS) is 13.7. The van der Waals surface area contributed by atoms with E-state index in [4.69, 9.17) is 4.74 Å². The van der Waals surface area contributed by atoms with Gasteiger partial charge in [-0.3, -0.25) is 4.79 Å². The van der Waals surface area contributed by atoms with Crippen LogP contribution in [-0.4, -0.2) is 19.6 Å². The van der Waals surface area contributed by atoms with Gasteiger partial charge in [0.25, 0.3) is 5.91 Å². The first-order valence-electron chi connectivity index (χ1n) is 7.35. The molecule has 0 aromatic heterocycles. The van der Waals surface area contributed by atoms with E-state index in [1.807, 2.05) is 25.1 Å². The van der Waals surface area contributed by atoms with Gasteiger partial charge in [0.2, 0.25) is 0 Å². The number of carbonyl (C=O) groups is 1. The second kappa shape index (κ2) is 5.79. The molecule has 0 bridgehead atoms. The Hall–Kier alpha value is -2.36. The molecule has 4 heteroatoms. The third kappa shape index (κ3) is 2.45. The predicted octanol–water partition coefficient (Wildman–Crippen LogP) is 3.74. The third-order valence-electron chi connectivity index (χ3n) is 4.06. The summed E-state index contributed by atoms with van der Waals surface area (Å²) in [5.41, 5.74) is 3.43. The van der Waals surface area contributed by atoms with E-state index in [0.29, 0.717) is 12.3 Å². The molecule has 0 N–H and O–H groups in total. The highest BCUT2D eigenvalue weighted by Crippen LogP contribution is 2.33. The Labute approximate surface area is 129 Å². The van der Waals surface area contributed by atoms with Crippen LogP contribution in [0.5, 0.6) is 5.75 Å². The Kier molecular flexibility index (Phi) is 3.84. The number of hydrogen-bond acceptors (Lipinski definition) is 2. The molecule has 0 saturated carbocycles. The summed E-state index contributed by atoms with van der Waals surface area (Å²) in [5, 5.41) is 0. The van der Waals surface area contributed by atoms with Gasteiger partial charge in [-0.25, -0.2) is 4.39 Å².